The quantitative estimate of drug-likeness (QED) is 0.871. The number of aliphatic carboxylic acids is 1. The van der Waals surface area contributed by atoms with Gasteiger partial charge in [0, 0.05) is 0 Å². The number of hydrogen-bond acceptors (Lipinski definition) is 1. The highest BCUT2D eigenvalue weighted by atomic mass is 16.4. The van der Waals surface area contributed by atoms with Crippen LogP contribution >= 0.6 is 0 Å². The summed E-state index contributed by atoms with van der Waals surface area (Å²) < 4.78 is 0. The second-order valence-electron chi connectivity index (χ2n) is 5.21. The number of allylic oxidation sites excluding steroid dienone is 2. The van der Waals surface area contributed by atoms with Gasteiger partial charge in [0.1, 0.15) is 0 Å². The summed E-state index contributed by atoms with van der Waals surface area (Å²) in [5.74, 6) is -1.24. The number of benzene rings is 1. The van der Waals surface area contributed by atoms with Crippen molar-refractivity contribution in [2.75, 3.05) is 0 Å². The Balaban J connectivity index is 2.16. The van der Waals surface area contributed by atoms with Gasteiger partial charge in [-0.05, 0) is 49.3 Å². The van der Waals surface area contributed by atoms with E-state index in [0.717, 1.165) is 24.0 Å². The van der Waals surface area contributed by atoms with Crippen LogP contribution < -0.4 is 0 Å². The van der Waals surface area contributed by atoms with Crippen molar-refractivity contribution in [1.82, 2.24) is 0 Å². The van der Waals surface area contributed by atoms with Crippen LogP contribution in [0.25, 0.3) is 6.08 Å². The van der Waals surface area contributed by atoms with Crippen molar-refractivity contribution in [3.8, 4) is 0 Å². The number of carboxylic acids is 1. The molecule has 2 heteroatoms. The summed E-state index contributed by atoms with van der Waals surface area (Å²) in [6.45, 7) is 5.82. The fraction of sp³-hybridized carbons (Fsp3) is 0.353. The normalized spacial score (nSPS) is 19.4. The van der Waals surface area contributed by atoms with E-state index >= 15 is 0 Å². The maximum absolute atomic E-state index is 10.9. The summed E-state index contributed by atoms with van der Waals surface area (Å²) in [5, 5.41) is 8.98. The van der Waals surface area contributed by atoms with E-state index in [1.54, 1.807) is 6.92 Å². The van der Waals surface area contributed by atoms with Crippen molar-refractivity contribution in [3.05, 3.63) is 53.1 Å². The summed E-state index contributed by atoms with van der Waals surface area (Å²) in [5.41, 5.74) is 4.55. The molecule has 0 amide bonds. The Labute approximate surface area is 114 Å². The Morgan fingerprint density at radius 3 is 2.47 bits per heavy atom. The van der Waals surface area contributed by atoms with Crippen molar-refractivity contribution in [2.45, 2.75) is 38.5 Å². The van der Waals surface area contributed by atoms with E-state index < -0.39 is 11.9 Å². The van der Waals surface area contributed by atoms with Crippen LogP contribution in [0, 0.1) is 0 Å². The van der Waals surface area contributed by atoms with Crippen LogP contribution in [0.3, 0.4) is 0 Å². The zero-order chi connectivity index (χ0) is 13.8. The standard InChI is InChI=1S/C17H20O2/c1-12-5-3-4-6-16(12)11-14-7-9-15(10-8-14)13(2)17(18)19/h7-11,13H,1,3-6H2,2H3,(H,18,19)/b16-11+. The summed E-state index contributed by atoms with van der Waals surface area (Å²) in [4.78, 5) is 10.9. The molecule has 0 aromatic heterocycles. The summed E-state index contributed by atoms with van der Waals surface area (Å²) in [7, 11) is 0. The Bertz CT molecular complexity index is 509. The van der Waals surface area contributed by atoms with Gasteiger partial charge >= 0.3 is 5.97 Å². The molecular formula is C17H20O2. The van der Waals surface area contributed by atoms with Gasteiger partial charge in [0.15, 0.2) is 0 Å². The zero-order valence-electron chi connectivity index (χ0n) is 11.4. The molecule has 0 saturated heterocycles. The third kappa shape index (κ3) is 3.34. The molecule has 2 nitrogen and oxygen atoms in total. The van der Waals surface area contributed by atoms with Crippen LogP contribution in [0.2, 0.25) is 0 Å². The van der Waals surface area contributed by atoms with Gasteiger partial charge in [0.2, 0.25) is 0 Å². The molecule has 19 heavy (non-hydrogen) atoms. The largest absolute Gasteiger partial charge is 0.481 e. The SMILES string of the molecule is C=C1CCCC/C1=C\c1ccc(C(C)C(=O)O)cc1. The molecule has 1 aliphatic carbocycles. The predicted molar refractivity (Wildman–Crippen MR) is 78.1 cm³/mol. The molecule has 0 heterocycles. The minimum Gasteiger partial charge on any atom is -0.481 e. The molecule has 1 N–H and O–H groups in total. The van der Waals surface area contributed by atoms with Gasteiger partial charge in [0.05, 0.1) is 5.92 Å². The third-order valence-corrected chi connectivity index (χ3v) is 3.78. The molecule has 1 aromatic carbocycles. The topological polar surface area (TPSA) is 37.3 Å². The molecule has 0 radical (unpaired) electrons. The monoisotopic (exact) mass is 256 g/mol. The van der Waals surface area contributed by atoms with E-state index in [4.69, 9.17) is 5.11 Å². The van der Waals surface area contributed by atoms with Gasteiger partial charge in [-0.3, -0.25) is 4.79 Å². The highest BCUT2D eigenvalue weighted by molar-refractivity contribution is 5.75. The minimum absolute atomic E-state index is 0.452. The molecule has 1 aliphatic rings. The lowest BCUT2D eigenvalue weighted by atomic mass is 9.89. The average Bonchev–Trinajstić information content (AvgIpc) is 2.41. The van der Waals surface area contributed by atoms with Gasteiger partial charge in [-0.2, -0.15) is 0 Å². The number of carboxylic acid groups (broad SMARTS) is 1. The lowest BCUT2D eigenvalue weighted by Gasteiger charge is -2.17. The fourth-order valence-electron chi connectivity index (χ4n) is 2.39. The van der Waals surface area contributed by atoms with E-state index in [2.05, 4.69) is 12.7 Å². The number of carbonyl (C=O) groups is 1. The molecule has 1 saturated carbocycles. The van der Waals surface area contributed by atoms with Crippen molar-refractivity contribution in [3.63, 3.8) is 0 Å². The second kappa shape index (κ2) is 5.87. The summed E-state index contributed by atoms with van der Waals surface area (Å²) in [6.07, 6.45) is 6.85. The van der Waals surface area contributed by atoms with Crippen LogP contribution in [0.4, 0.5) is 0 Å². The molecule has 1 fully saturated rings. The number of rotatable bonds is 3. The van der Waals surface area contributed by atoms with Gasteiger partial charge in [0.25, 0.3) is 0 Å². The zero-order valence-corrected chi connectivity index (χ0v) is 11.4. The first-order chi connectivity index (χ1) is 9.08. The van der Waals surface area contributed by atoms with E-state index in [9.17, 15) is 4.79 Å². The Morgan fingerprint density at radius 1 is 1.26 bits per heavy atom. The van der Waals surface area contributed by atoms with E-state index in [1.165, 1.54) is 24.0 Å². The summed E-state index contributed by atoms with van der Waals surface area (Å²) in [6, 6.07) is 7.78. The van der Waals surface area contributed by atoms with E-state index in [-0.39, 0.29) is 0 Å². The van der Waals surface area contributed by atoms with Gasteiger partial charge in [-0.1, -0.05) is 42.5 Å². The Kier molecular flexibility index (Phi) is 4.20. The molecule has 0 bridgehead atoms. The van der Waals surface area contributed by atoms with E-state index in [0.29, 0.717) is 0 Å². The molecular weight excluding hydrogens is 236 g/mol. The molecule has 1 unspecified atom stereocenters. The lowest BCUT2D eigenvalue weighted by Crippen LogP contribution is -2.07. The first kappa shape index (κ1) is 13.6. The molecule has 2 rings (SSSR count). The molecule has 1 aromatic rings. The summed E-state index contributed by atoms with van der Waals surface area (Å²) >= 11 is 0. The first-order valence-electron chi connectivity index (χ1n) is 6.79. The molecule has 100 valence electrons. The lowest BCUT2D eigenvalue weighted by molar-refractivity contribution is -0.138. The van der Waals surface area contributed by atoms with Crippen molar-refractivity contribution >= 4 is 12.0 Å². The first-order valence-corrected chi connectivity index (χ1v) is 6.79. The van der Waals surface area contributed by atoms with Crippen LogP contribution in [0.15, 0.2) is 42.0 Å². The number of hydrogen-bond donors (Lipinski definition) is 1. The van der Waals surface area contributed by atoms with Crippen molar-refractivity contribution in [1.29, 1.82) is 0 Å². The Morgan fingerprint density at radius 2 is 1.89 bits per heavy atom. The average molecular weight is 256 g/mol. The third-order valence-electron chi connectivity index (χ3n) is 3.78. The smallest absolute Gasteiger partial charge is 0.310 e. The van der Waals surface area contributed by atoms with E-state index in [1.807, 2.05) is 24.3 Å². The van der Waals surface area contributed by atoms with Gasteiger partial charge < -0.3 is 5.11 Å². The predicted octanol–water partition coefficient (Wildman–Crippen LogP) is 4.39. The highest BCUT2D eigenvalue weighted by Gasteiger charge is 2.13. The highest BCUT2D eigenvalue weighted by Crippen LogP contribution is 2.29. The minimum atomic E-state index is -0.785. The fourth-order valence-corrected chi connectivity index (χ4v) is 2.39. The van der Waals surface area contributed by atoms with Crippen molar-refractivity contribution < 1.29 is 9.90 Å². The Hall–Kier alpha value is -1.83. The molecule has 0 aliphatic heterocycles. The molecule has 1 atom stereocenters. The van der Waals surface area contributed by atoms with Crippen LogP contribution in [-0.4, -0.2) is 11.1 Å². The second-order valence-corrected chi connectivity index (χ2v) is 5.21. The van der Waals surface area contributed by atoms with Crippen LogP contribution in [0.1, 0.15) is 49.7 Å². The molecule has 0 spiro atoms. The van der Waals surface area contributed by atoms with Gasteiger partial charge in [-0.15, -0.1) is 0 Å². The maximum Gasteiger partial charge on any atom is 0.310 e. The van der Waals surface area contributed by atoms with Gasteiger partial charge in [-0.25, -0.2) is 0 Å². The van der Waals surface area contributed by atoms with Crippen molar-refractivity contribution in [2.24, 2.45) is 0 Å². The van der Waals surface area contributed by atoms with Crippen LogP contribution in [0.5, 0.6) is 0 Å². The van der Waals surface area contributed by atoms with Crippen LogP contribution in [-0.2, 0) is 4.79 Å². The maximum atomic E-state index is 10.9.